The molecule has 0 radical (unpaired) electrons. The Morgan fingerprint density at radius 2 is 1.62 bits per heavy atom. The van der Waals surface area contributed by atoms with Crippen molar-refractivity contribution in [2.45, 2.75) is 78.9 Å². The van der Waals surface area contributed by atoms with Crippen molar-refractivity contribution in [1.29, 1.82) is 0 Å². The molecule has 0 amide bonds. The summed E-state index contributed by atoms with van der Waals surface area (Å²) in [6.07, 6.45) is 4.17. The lowest BCUT2D eigenvalue weighted by atomic mass is 9.96. The van der Waals surface area contributed by atoms with E-state index in [1.165, 1.54) is 0 Å². The molecule has 0 aliphatic heterocycles. The number of esters is 2. The molecule has 0 N–H and O–H groups in total. The maximum absolute atomic E-state index is 12.2. The van der Waals surface area contributed by atoms with Crippen LogP contribution in [0.25, 0.3) is 0 Å². The van der Waals surface area contributed by atoms with Crippen LogP contribution in [0, 0.1) is 11.8 Å². The van der Waals surface area contributed by atoms with E-state index in [-0.39, 0.29) is 23.8 Å². The first kappa shape index (κ1) is 22.2. The van der Waals surface area contributed by atoms with Crippen LogP contribution in [0.5, 0.6) is 0 Å². The molecule has 4 heteroatoms. The zero-order chi connectivity index (χ0) is 19.6. The van der Waals surface area contributed by atoms with Crippen molar-refractivity contribution < 1.29 is 19.1 Å². The minimum atomic E-state index is -0.443. The first-order valence-corrected chi connectivity index (χ1v) is 9.66. The highest BCUT2D eigenvalue weighted by atomic mass is 16.6. The number of carbonyl (C=O) groups is 2. The zero-order valence-corrected chi connectivity index (χ0v) is 16.9. The standard InChI is InChI=1S/C22H34O4/c1-6-19(21(24)25-16-18-13-8-7-9-14-18)15-11-10-12-17(2)20(23)26-22(3,4)5/h7-9,13-14,17,19H,6,10-12,15-16H2,1-5H3. The SMILES string of the molecule is CCC(CCCCC(C)C(=O)OC(C)(C)C)C(=O)OCc1ccccc1. The van der Waals surface area contributed by atoms with E-state index in [0.29, 0.717) is 6.61 Å². The molecule has 0 saturated carbocycles. The Kier molecular flexibility index (Phi) is 9.39. The summed E-state index contributed by atoms with van der Waals surface area (Å²) in [7, 11) is 0. The largest absolute Gasteiger partial charge is 0.461 e. The van der Waals surface area contributed by atoms with E-state index in [9.17, 15) is 9.59 Å². The maximum atomic E-state index is 12.2. The fourth-order valence-corrected chi connectivity index (χ4v) is 2.70. The molecule has 0 aliphatic carbocycles. The average Bonchev–Trinajstić information content (AvgIpc) is 2.59. The van der Waals surface area contributed by atoms with Crippen LogP contribution in [-0.2, 0) is 25.7 Å². The molecule has 0 saturated heterocycles. The number of carbonyl (C=O) groups excluding carboxylic acids is 2. The summed E-state index contributed by atoms with van der Waals surface area (Å²) >= 11 is 0. The Morgan fingerprint density at radius 1 is 1.00 bits per heavy atom. The van der Waals surface area contributed by atoms with E-state index < -0.39 is 5.60 Å². The highest BCUT2D eigenvalue weighted by Crippen LogP contribution is 2.20. The smallest absolute Gasteiger partial charge is 0.309 e. The lowest BCUT2D eigenvalue weighted by molar-refractivity contribution is -0.159. The number of hydrogen-bond acceptors (Lipinski definition) is 4. The third kappa shape index (κ3) is 9.02. The van der Waals surface area contributed by atoms with Crippen molar-refractivity contribution in [3.8, 4) is 0 Å². The summed E-state index contributed by atoms with van der Waals surface area (Å²) in [5.41, 5.74) is 0.558. The van der Waals surface area contributed by atoms with Crippen LogP contribution >= 0.6 is 0 Å². The summed E-state index contributed by atoms with van der Waals surface area (Å²) in [5, 5.41) is 0. The van der Waals surface area contributed by atoms with Gasteiger partial charge in [0.2, 0.25) is 0 Å². The van der Waals surface area contributed by atoms with Crippen molar-refractivity contribution in [3.63, 3.8) is 0 Å². The highest BCUT2D eigenvalue weighted by molar-refractivity contribution is 5.72. The predicted octanol–water partition coefficient (Wildman–Crippen LogP) is 5.29. The third-order valence-corrected chi connectivity index (χ3v) is 4.30. The van der Waals surface area contributed by atoms with E-state index >= 15 is 0 Å². The fourth-order valence-electron chi connectivity index (χ4n) is 2.70. The summed E-state index contributed by atoms with van der Waals surface area (Å²) in [6, 6.07) is 9.72. The van der Waals surface area contributed by atoms with Crippen LogP contribution in [0.1, 0.15) is 72.3 Å². The number of benzene rings is 1. The predicted molar refractivity (Wildman–Crippen MR) is 103 cm³/mol. The Hall–Kier alpha value is -1.84. The van der Waals surface area contributed by atoms with Crippen LogP contribution in [0.2, 0.25) is 0 Å². The Balaban J connectivity index is 2.28. The van der Waals surface area contributed by atoms with Gasteiger partial charge in [-0.2, -0.15) is 0 Å². The van der Waals surface area contributed by atoms with E-state index in [1.807, 2.05) is 65.0 Å². The molecule has 0 fully saturated rings. The number of ether oxygens (including phenoxy) is 2. The van der Waals surface area contributed by atoms with Gasteiger partial charge in [-0.3, -0.25) is 9.59 Å². The molecule has 2 unspecified atom stereocenters. The zero-order valence-electron chi connectivity index (χ0n) is 16.9. The molecule has 2 atom stereocenters. The second-order valence-electron chi connectivity index (χ2n) is 7.92. The fraction of sp³-hybridized carbons (Fsp3) is 0.636. The molecule has 0 aromatic heterocycles. The van der Waals surface area contributed by atoms with Gasteiger partial charge >= 0.3 is 11.9 Å². The van der Waals surface area contributed by atoms with Gasteiger partial charge in [-0.1, -0.05) is 57.0 Å². The summed E-state index contributed by atoms with van der Waals surface area (Å²) in [6.45, 7) is 9.88. The Morgan fingerprint density at radius 3 is 2.19 bits per heavy atom. The van der Waals surface area contributed by atoms with E-state index in [1.54, 1.807) is 0 Å². The third-order valence-electron chi connectivity index (χ3n) is 4.30. The Bertz CT molecular complexity index is 545. The quantitative estimate of drug-likeness (QED) is 0.419. The molecule has 26 heavy (non-hydrogen) atoms. The minimum absolute atomic E-state index is 0.0736. The average molecular weight is 363 g/mol. The van der Waals surface area contributed by atoms with Crippen molar-refractivity contribution in [3.05, 3.63) is 35.9 Å². The summed E-state index contributed by atoms with van der Waals surface area (Å²) < 4.78 is 10.8. The molecule has 1 aromatic carbocycles. The van der Waals surface area contributed by atoms with Crippen LogP contribution in [-0.4, -0.2) is 17.5 Å². The minimum Gasteiger partial charge on any atom is -0.461 e. The second-order valence-corrected chi connectivity index (χ2v) is 7.92. The van der Waals surface area contributed by atoms with E-state index in [0.717, 1.165) is 37.7 Å². The second kappa shape index (κ2) is 11.0. The molecule has 1 rings (SSSR count). The first-order valence-electron chi connectivity index (χ1n) is 9.66. The van der Waals surface area contributed by atoms with Crippen molar-refractivity contribution in [2.75, 3.05) is 0 Å². The van der Waals surface area contributed by atoms with Crippen molar-refractivity contribution >= 4 is 11.9 Å². The van der Waals surface area contributed by atoms with Gasteiger partial charge in [0.1, 0.15) is 12.2 Å². The number of hydrogen-bond donors (Lipinski definition) is 0. The van der Waals surface area contributed by atoms with Crippen molar-refractivity contribution in [1.82, 2.24) is 0 Å². The number of unbranched alkanes of at least 4 members (excludes halogenated alkanes) is 1. The normalized spacial score (nSPS) is 13.7. The molecular weight excluding hydrogens is 328 g/mol. The van der Waals surface area contributed by atoms with E-state index in [4.69, 9.17) is 9.47 Å². The van der Waals surface area contributed by atoms with Gasteiger partial charge < -0.3 is 9.47 Å². The number of rotatable bonds is 10. The molecule has 1 aromatic rings. The van der Waals surface area contributed by atoms with E-state index in [2.05, 4.69) is 0 Å². The first-order chi connectivity index (χ1) is 12.2. The van der Waals surface area contributed by atoms with Crippen LogP contribution in [0.3, 0.4) is 0 Å². The van der Waals surface area contributed by atoms with Gasteiger partial charge in [0.25, 0.3) is 0 Å². The van der Waals surface area contributed by atoms with Gasteiger partial charge in [-0.25, -0.2) is 0 Å². The topological polar surface area (TPSA) is 52.6 Å². The van der Waals surface area contributed by atoms with Crippen LogP contribution in [0.4, 0.5) is 0 Å². The van der Waals surface area contributed by atoms with Gasteiger partial charge in [0, 0.05) is 0 Å². The highest BCUT2D eigenvalue weighted by Gasteiger charge is 2.22. The molecule has 4 nitrogen and oxygen atoms in total. The summed E-state index contributed by atoms with van der Waals surface area (Å²) in [5.74, 6) is -0.460. The Labute approximate surface area is 158 Å². The van der Waals surface area contributed by atoms with Gasteiger partial charge in [-0.15, -0.1) is 0 Å². The van der Waals surface area contributed by atoms with Crippen LogP contribution < -0.4 is 0 Å². The van der Waals surface area contributed by atoms with Crippen LogP contribution in [0.15, 0.2) is 30.3 Å². The molecule has 0 heterocycles. The van der Waals surface area contributed by atoms with Gasteiger partial charge in [0.05, 0.1) is 11.8 Å². The molecular formula is C22H34O4. The lowest BCUT2D eigenvalue weighted by Gasteiger charge is -2.22. The molecule has 0 spiro atoms. The maximum Gasteiger partial charge on any atom is 0.309 e. The lowest BCUT2D eigenvalue weighted by Crippen LogP contribution is -2.27. The molecule has 0 aliphatic rings. The molecule has 0 bridgehead atoms. The summed E-state index contributed by atoms with van der Waals surface area (Å²) in [4.78, 5) is 24.2. The molecule has 146 valence electrons. The van der Waals surface area contributed by atoms with Gasteiger partial charge in [-0.05, 0) is 45.6 Å². The van der Waals surface area contributed by atoms with Gasteiger partial charge in [0.15, 0.2) is 0 Å². The monoisotopic (exact) mass is 362 g/mol. The van der Waals surface area contributed by atoms with Crippen molar-refractivity contribution in [2.24, 2.45) is 11.8 Å².